The molecule has 3 nitrogen and oxygen atoms in total. The number of hydrogen-bond donors (Lipinski definition) is 2. The number of aliphatic carboxylic acids is 1. The van der Waals surface area contributed by atoms with Gasteiger partial charge in [-0.15, -0.1) is 0 Å². The number of carboxylic acid groups (broad SMARTS) is 1. The SMILES string of the molecule is CN/C=C(\C)C(=O)O. The first-order chi connectivity index (χ1) is 3.68. The van der Waals surface area contributed by atoms with Crippen molar-refractivity contribution >= 4 is 5.97 Å². The van der Waals surface area contributed by atoms with Crippen LogP contribution in [0.25, 0.3) is 0 Å². The molecule has 0 saturated heterocycles. The van der Waals surface area contributed by atoms with E-state index in [4.69, 9.17) is 5.11 Å². The fourth-order valence-corrected chi connectivity index (χ4v) is 0.278. The Morgan fingerprint density at radius 1 is 1.75 bits per heavy atom. The first kappa shape index (κ1) is 7.01. The predicted molar refractivity (Wildman–Crippen MR) is 30.5 cm³/mol. The normalized spacial score (nSPS) is 11.0. The molecule has 0 heterocycles. The van der Waals surface area contributed by atoms with Crippen LogP contribution in [0.5, 0.6) is 0 Å². The molecule has 0 unspecified atom stereocenters. The van der Waals surface area contributed by atoms with Crippen molar-refractivity contribution in [2.45, 2.75) is 6.92 Å². The minimum absolute atomic E-state index is 0.313. The van der Waals surface area contributed by atoms with Crippen molar-refractivity contribution in [3.8, 4) is 0 Å². The van der Waals surface area contributed by atoms with E-state index in [1.807, 2.05) is 0 Å². The van der Waals surface area contributed by atoms with Gasteiger partial charge in [0.1, 0.15) is 0 Å². The van der Waals surface area contributed by atoms with Gasteiger partial charge in [0.2, 0.25) is 0 Å². The van der Waals surface area contributed by atoms with Crippen LogP contribution in [0.1, 0.15) is 6.92 Å². The summed E-state index contributed by atoms with van der Waals surface area (Å²) in [6.07, 6.45) is 1.43. The summed E-state index contributed by atoms with van der Waals surface area (Å²) in [6.45, 7) is 1.53. The Morgan fingerprint density at radius 2 is 2.25 bits per heavy atom. The number of rotatable bonds is 2. The van der Waals surface area contributed by atoms with Crippen LogP contribution in [-0.4, -0.2) is 18.1 Å². The molecule has 0 saturated carbocycles. The van der Waals surface area contributed by atoms with Gasteiger partial charge >= 0.3 is 5.97 Å². The van der Waals surface area contributed by atoms with Gasteiger partial charge in [-0.05, 0) is 6.92 Å². The van der Waals surface area contributed by atoms with Gasteiger partial charge in [-0.1, -0.05) is 0 Å². The highest BCUT2D eigenvalue weighted by molar-refractivity contribution is 5.85. The smallest absolute Gasteiger partial charge is 0.332 e. The maximum Gasteiger partial charge on any atom is 0.332 e. The summed E-state index contributed by atoms with van der Waals surface area (Å²) in [4.78, 5) is 9.98. The van der Waals surface area contributed by atoms with Crippen molar-refractivity contribution in [2.75, 3.05) is 7.05 Å². The maximum absolute atomic E-state index is 9.98. The maximum atomic E-state index is 9.98. The van der Waals surface area contributed by atoms with E-state index in [2.05, 4.69) is 5.32 Å². The van der Waals surface area contributed by atoms with E-state index in [0.29, 0.717) is 5.57 Å². The number of nitrogens with one attached hydrogen (secondary N) is 1. The Balaban J connectivity index is 3.80. The third-order valence-electron chi connectivity index (χ3n) is 0.698. The zero-order chi connectivity index (χ0) is 6.57. The van der Waals surface area contributed by atoms with Crippen molar-refractivity contribution in [3.63, 3.8) is 0 Å². The summed E-state index contributed by atoms with van der Waals surface area (Å²) in [5.41, 5.74) is 0.313. The van der Waals surface area contributed by atoms with Crippen molar-refractivity contribution in [3.05, 3.63) is 11.8 Å². The first-order valence-corrected chi connectivity index (χ1v) is 2.26. The number of carbonyl (C=O) groups is 1. The van der Waals surface area contributed by atoms with E-state index in [-0.39, 0.29) is 0 Å². The summed E-state index contributed by atoms with van der Waals surface area (Å²) in [6, 6.07) is 0. The summed E-state index contributed by atoms with van der Waals surface area (Å²) >= 11 is 0. The monoisotopic (exact) mass is 115 g/mol. The average Bonchev–Trinajstić information content (AvgIpc) is 1.67. The minimum atomic E-state index is -0.889. The van der Waals surface area contributed by atoms with E-state index in [9.17, 15) is 4.79 Å². The van der Waals surface area contributed by atoms with Gasteiger partial charge in [-0.3, -0.25) is 0 Å². The van der Waals surface area contributed by atoms with Gasteiger partial charge < -0.3 is 10.4 Å². The lowest BCUT2D eigenvalue weighted by atomic mass is 10.3. The molecule has 0 aliphatic carbocycles. The molecule has 0 rings (SSSR count). The van der Waals surface area contributed by atoms with E-state index < -0.39 is 5.97 Å². The van der Waals surface area contributed by atoms with Crippen LogP contribution < -0.4 is 5.32 Å². The first-order valence-electron chi connectivity index (χ1n) is 2.26. The third-order valence-corrected chi connectivity index (χ3v) is 0.698. The largest absolute Gasteiger partial charge is 0.478 e. The summed E-state index contributed by atoms with van der Waals surface area (Å²) in [5.74, 6) is -0.889. The fraction of sp³-hybridized carbons (Fsp3) is 0.400. The molecule has 0 aliphatic rings. The van der Waals surface area contributed by atoms with Crippen molar-refractivity contribution in [1.29, 1.82) is 0 Å². The van der Waals surface area contributed by atoms with E-state index in [0.717, 1.165) is 0 Å². The molecule has 0 aromatic heterocycles. The minimum Gasteiger partial charge on any atom is -0.478 e. The topological polar surface area (TPSA) is 49.3 Å². The second-order valence-corrected chi connectivity index (χ2v) is 1.42. The lowest BCUT2D eigenvalue weighted by Crippen LogP contribution is -2.02. The second-order valence-electron chi connectivity index (χ2n) is 1.42. The molecule has 3 heteroatoms. The van der Waals surface area contributed by atoms with Gasteiger partial charge in [0.05, 0.1) is 0 Å². The molecule has 0 aromatic carbocycles. The van der Waals surface area contributed by atoms with Crippen LogP contribution in [-0.2, 0) is 4.79 Å². The molecule has 0 atom stereocenters. The van der Waals surface area contributed by atoms with E-state index in [1.165, 1.54) is 13.1 Å². The number of hydrogen-bond acceptors (Lipinski definition) is 2. The van der Waals surface area contributed by atoms with Gasteiger partial charge in [0, 0.05) is 18.8 Å². The number of carboxylic acids is 1. The van der Waals surface area contributed by atoms with Crippen molar-refractivity contribution in [1.82, 2.24) is 5.32 Å². The molecule has 0 spiro atoms. The van der Waals surface area contributed by atoms with Gasteiger partial charge in [0.15, 0.2) is 0 Å². The predicted octanol–water partition coefficient (Wildman–Crippen LogP) is 0.194. The van der Waals surface area contributed by atoms with Crippen LogP contribution in [0.3, 0.4) is 0 Å². The van der Waals surface area contributed by atoms with Crippen LogP contribution >= 0.6 is 0 Å². The zero-order valence-electron chi connectivity index (χ0n) is 4.93. The van der Waals surface area contributed by atoms with Crippen LogP contribution in [0, 0.1) is 0 Å². The molecule has 8 heavy (non-hydrogen) atoms. The Bertz CT molecular complexity index is 118. The Labute approximate surface area is 48.0 Å². The zero-order valence-corrected chi connectivity index (χ0v) is 4.93. The van der Waals surface area contributed by atoms with Gasteiger partial charge in [-0.25, -0.2) is 4.79 Å². The molecular weight excluding hydrogens is 106 g/mol. The van der Waals surface area contributed by atoms with Crippen molar-refractivity contribution in [2.24, 2.45) is 0 Å². The molecular formula is C5H9NO2. The molecule has 2 N–H and O–H groups in total. The molecule has 0 bridgehead atoms. The second kappa shape index (κ2) is 3.07. The Kier molecular flexibility index (Phi) is 2.69. The molecule has 46 valence electrons. The van der Waals surface area contributed by atoms with Gasteiger partial charge in [-0.2, -0.15) is 0 Å². The Morgan fingerprint density at radius 3 is 2.38 bits per heavy atom. The molecule has 0 fully saturated rings. The molecule has 0 amide bonds. The highest BCUT2D eigenvalue weighted by Gasteiger charge is 1.95. The Hall–Kier alpha value is -0.990. The van der Waals surface area contributed by atoms with Gasteiger partial charge in [0.25, 0.3) is 0 Å². The lowest BCUT2D eigenvalue weighted by molar-refractivity contribution is -0.132. The standard InChI is InChI=1S/C5H9NO2/c1-4(3-6-2)5(7)8/h3,6H,1-2H3,(H,7,8)/b4-3+. The van der Waals surface area contributed by atoms with Crippen molar-refractivity contribution < 1.29 is 9.90 Å². The lowest BCUT2D eigenvalue weighted by Gasteiger charge is -1.89. The summed E-state index contributed by atoms with van der Waals surface area (Å²) < 4.78 is 0. The summed E-state index contributed by atoms with van der Waals surface area (Å²) in [7, 11) is 1.66. The van der Waals surface area contributed by atoms with E-state index in [1.54, 1.807) is 7.05 Å². The third kappa shape index (κ3) is 2.23. The molecule has 0 aromatic rings. The van der Waals surface area contributed by atoms with Crippen LogP contribution in [0.2, 0.25) is 0 Å². The average molecular weight is 115 g/mol. The summed E-state index contributed by atoms with van der Waals surface area (Å²) in [5, 5.41) is 10.8. The quantitative estimate of drug-likeness (QED) is 0.505. The van der Waals surface area contributed by atoms with Crippen LogP contribution in [0.4, 0.5) is 0 Å². The van der Waals surface area contributed by atoms with E-state index >= 15 is 0 Å². The van der Waals surface area contributed by atoms with Crippen LogP contribution in [0.15, 0.2) is 11.8 Å². The fourth-order valence-electron chi connectivity index (χ4n) is 0.278. The highest BCUT2D eigenvalue weighted by atomic mass is 16.4. The molecule has 0 aliphatic heterocycles. The molecule has 0 radical (unpaired) electrons. The highest BCUT2D eigenvalue weighted by Crippen LogP contribution is 1.86.